The van der Waals surface area contributed by atoms with E-state index in [-0.39, 0.29) is 11.3 Å². The SMILES string of the molecule is Cc1ccc(N)c(C(=O)OCC(F)(F)F)c1. The minimum Gasteiger partial charge on any atom is -0.452 e. The summed E-state index contributed by atoms with van der Waals surface area (Å²) in [5.41, 5.74) is 6.21. The molecule has 0 atom stereocenters. The Labute approximate surface area is 90.0 Å². The maximum atomic E-state index is 11.8. The number of nitrogens with two attached hydrogens (primary N) is 1. The Balaban J connectivity index is 2.77. The lowest BCUT2D eigenvalue weighted by molar-refractivity contribution is -0.161. The van der Waals surface area contributed by atoms with Crippen LogP contribution in [-0.4, -0.2) is 18.8 Å². The van der Waals surface area contributed by atoms with Crippen LogP contribution in [0.1, 0.15) is 15.9 Å². The molecule has 1 aromatic carbocycles. The molecule has 0 fully saturated rings. The molecule has 0 amide bonds. The van der Waals surface area contributed by atoms with Gasteiger partial charge in [-0.3, -0.25) is 0 Å². The van der Waals surface area contributed by atoms with E-state index in [0.29, 0.717) is 5.56 Å². The van der Waals surface area contributed by atoms with Crippen molar-refractivity contribution in [1.29, 1.82) is 0 Å². The predicted molar refractivity (Wildman–Crippen MR) is 51.9 cm³/mol. The number of carbonyl (C=O) groups is 1. The van der Waals surface area contributed by atoms with E-state index in [1.165, 1.54) is 12.1 Å². The van der Waals surface area contributed by atoms with Crippen LogP contribution in [0.5, 0.6) is 0 Å². The molecular weight excluding hydrogens is 223 g/mol. The highest BCUT2D eigenvalue weighted by Crippen LogP contribution is 2.18. The van der Waals surface area contributed by atoms with Gasteiger partial charge in [0.15, 0.2) is 6.61 Å². The van der Waals surface area contributed by atoms with E-state index in [9.17, 15) is 18.0 Å². The van der Waals surface area contributed by atoms with Crippen molar-refractivity contribution >= 4 is 11.7 Å². The largest absolute Gasteiger partial charge is 0.452 e. The van der Waals surface area contributed by atoms with Crippen LogP contribution in [0.4, 0.5) is 18.9 Å². The summed E-state index contributed by atoms with van der Waals surface area (Å²) in [5.74, 6) is -1.07. The minimum absolute atomic E-state index is 0.0516. The molecule has 0 radical (unpaired) electrons. The zero-order valence-corrected chi connectivity index (χ0v) is 8.47. The van der Waals surface area contributed by atoms with Crippen LogP contribution in [0.15, 0.2) is 18.2 Å². The van der Waals surface area contributed by atoms with Gasteiger partial charge in [-0.2, -0.15) is 13.2 Å². The molecule has 16 heavy (non-hydrogen) atoms. The van der Waals surface area contributed by atoms with Crippen molar-refractivity contribution in [2.75, 3.05) is 12.3 Å². The Morgan fingerprint density at radius 1 is 1.44 bits per heavy atom. The van der Waals surface area contributed by atoms with Crippen molar-refractivity contribution in [2.45, 2.75) is 13.1 Å². The van der Waals surface area contributed by atoms with Gasteiger partial charge >= 0.3 is 12.1 Å². The van der Waals surface area contributed by atoms with Crippen molar-refractivity contribution in [3.63, 3.8) is 0 Å². The number of anilines is 1. The minimum atomic E-state index is -4.53. The standard InChI is InChI=1S/C10H10F3NO2/c1-6-2-3-8(14)7(4-6)9(15)16-5-10(11,12)13/h2-4H,5,14H2,1H3. The fraction of sp³-hybridized carbons (Fsp3) is 0.300. The van der Waals surface area contributed by atoms with Crippen LogP contribution in [0.3, 0.4) is 0 Å². The first-order chi connectivity index (χ1) is 7.29. The van der Waals surface area contributed by atoms with Crippen LogP contribution < -0.4 is 5.73 Å². The number of hydrogen-bond donors (Lipinski definition) is 1. The summed E-state index contributed by atoms with van der Waals surface area (Å²) in [7, 11) is 0. The lowest BCUT2D eigenvalue weighted by atomic mass is 10.1. The molecular formula is C10H10F3NO2. The van der Waals surface area contributed by atoms with Crippen LogP contribution in [-0.2, 0) is 4.74 Å². The summed E-state index contributed by atoms with van der Waals surface area (Å²) in [4.78, 5) is 11.3. The molecule has 0 aliphatic heterocycles. The highest BCUT2D eigenvalue weighted by atomic mass is 19.4. The molecule has 0 aliphatic rings. The number of carbonyl (C=O) groups excluding carboxylic acids is 1. The number of hydrogen-bond acceptors (Lipinski definition) is 3. The van der Waals surface area contributed by atoms with Crippen molar-refractivity contribution < 1.29 is 22.7 Å². The van der Waals surface area contributed by atoms with Gasteiger partial charge in [-0.15, -0.1) is 0 Å². The predicted octanol–water partition coefficient (Wildman–Crippen LogP) is 2.30. The molecule has 0 heterocycles. The van der Waals surface area contributed by atoms with Gasteiger partial charge in [-0.25, -0.2) is 4.79 Å². The van der Waals surface area contributed by atoms with Gasteiger partial charge in [-0.1, -0.05) is 11.6 Å². The highest BCUT2D eigenvalue weighted by Gasteiger charge is 2.30. The third-order valence-electron chi connectivity index (χ3n) is 1.80. The Morgan fingerprint density at radius 2 is 2.06 bits per heavy atom. The van der Waals surface area contributed by atoms with Crippen LogP contribution >= 0.6 is 0 Å². The van der Waals surface area contributed by atoms with Crippen molar-refractivity contribution in [3.8, 4) is 0 Å². The second kappa shape index (κ2) is 4.42. The van der Waals surface area contributed by atoms with Gasteiger partial charge in [0.25, 0.3) is 0 Å². The molecule has 0 saturated carbocycles. The van der Waals surface area contributed by atoms with Crippen LogP contribution in [0.25, 0.3) is 0 Å². The lowest BCUT2D eigenvalue weighted by Crippen LogP contribution is -2.21. The fourth-order valence-electron chi connectivity index (χ4n) is 1.07. The second-order valence-electron chi connectivity index (χ2n) is 3.28. The number of ether oxygens (including phenoxy) is 1. The molecule has 1 rings (SSSR count). The number of nitrogen functional groups attached to an aromatic ring is 1. The number of aryl methyl sites for hydroxylation is 1. The Kier molecular flexibility index (Phi) is 3.41. The zero-order chi connectivity index (χ0) is 12.3. The molecule has 2 N–H and O–H groups in total. The van der Waals surface area contributed by atoms with Gasteiger partial charge in [-0.05, 0) is 19.1 Å². The third kappa shape index (κ3) is 3.45. The van der Waals surface area contributed by atoms with Crippen LogP contribution in [0.2, 0.25) is 0 Å². The van der Waals surface area contributed by atoms with Crippen molar-refractivity contribution in [3.05, 3.63) is 29.3 Å². The van der Waals surface area contributed by atoms with E-state index >= 15 is 0 Å². The zero-order valence-electron chi connectivity index (χ0n) is 8.47. The van der Waals surface area contributed by atoms with Gasteiger partial charge in [0.2, 0.25) is 0 Å². The van der Waals surface area contributed by atoms with E-state index < -0.39 is 18.8 Å². The van der Waals surface area contributed by atoms with Gasteiger partial charge < -0.3 is 10.5 Å². The fourth-order valence-corrected chi connectivity index (χ4v) is 1.07. The normalized spacial score (nSPS) is 11.2. The molecule has 0 aliphatic carbocycles. The summed E-state index contributed by atoms with van der Waals surface area (Å²) in [6, 6.07) is 4.48. The Bertz CT molecular complexity index is 402. The molecule has 0 spiro atoms. The molecule has 3 nitrogen and oxygen atoms in total. The molecule has 6 heteroatoms. The molecule has 0 unspecified atom stereocenters. The monoisotopic (exact) mass is 233 g/mol. The Morgan fingerprint density at radius 3 is 2.62 bits per heavy atom. The topological polar surface area (TPSA) is 52.3 Å². The van der Waals surface area contributed by atoms with Gasteiger partial charge in [0.1, 0.15) is 0 Å². The summed E-state index contributed by atoms with van der Waals surface area (Å²) < 4.78 is 39.5. The molecule has 0 aromatic heterocycles. The second-order valence-corrected chi connectivity index (χ2v) is 3.28. The van der Waals surface area contributed by atoms with Crippen LogP contribution in [0, 0.1) is 6.92 Å². The average molecular weight is 233 g/mol. The maximum absolute atomic E-state index is 11.8. The molecule has 0 bridgehead atoms. The van der Waals surface area contributed by atoms with Crippen molar-refractivity contribution in [1.82, 2.24) is 0 Å². The first kappa shape index (κ1) is 12.4. The molecule has 1 aromatic rings. The smallest absolute Gasteiger partial charge is 0.422 e. The van der Waals surface area contributed by atoms with Gasteiger partial charge in [0, 0.05) is 5.69 Å². The first-order valence-corrected chi connectivity index (χ1v) is 4.39. The number of halogens is 3. The van der Waals surface area contributed by atoms with Gasteiger partial charge in [0.05, 0.1) is 5.56 Å². The lowest BCUT2D eigenvalue weighted by Gasteiger charge is -2.09. The summed E-state index contributed by atoms with van der Waals surface area (Å²) in [6.45, 7) is 0.0825. The van der Waals surface area contributed by atoms with E-state index in [0.717, 1.165) is 0 Å². The number of rotatable bonds is 2. The number of esters is 1. The average Bonchev–Trinajstić information content (AvgIpc) is 2.17. The summed E-state index contributed by atoms with van der Waals surface area (Å²) in [5, 5.41) is 0. The number of alkyl halides is 3. The van der Waals surface area contributed by atoms with E-state index in [2.05, 4.69) is 4.74 Å². The summed E-state index contributed by atoms with van der Waals surface area (Å²) >= 11 is 0. The third-order valence-corrected chi connectivity index (χ3v) is 1.80. The van der Waals surface area contributed by atoms with E-state index in [1.54, 1.807) is 13.0 Å². The maximum Gasteiger partial charge on any atom is 0.422 e. The molecule has 0 saturated heterocycles. The van der Waals surface area contributed by atoms with Crippen molar-refractivity contribution in [2.24, 2.45) is 0 Å². The quantitative estimate of drug-likeness (QED) is 0.629. The molecule has 88 valence electrons. The first-order valence-electron chi connectivity index (χ1n) is 4.39. The van der Waals surface area contributed by atoms with E-state index in [4.69, 9.17) is 5.73 Å². The van der Waals surface area contributed by atoms with E-state index in [1.807, 2.05) is 0 Å². The Hall–Kier alpha value is -1.72. The number of benzene rings is 1. The highest BCUT2D eigenvalue weighted by molar-refractivity contribution is 5.95. The summed E-state index contributed by atoms with van der Waals surface area (Å²) in [6.07, 6.45) is -4.53.